The van der Waals surface area contributed by atoms with Crippen LogP contribution in [0.2, 0.25) is 0 Å². The van der Waals surface area contributed by atoms with Crippen molar-refractivity contribution in [2.24, 2.45) is 5.73 Å². The second-order valence-corrected chi connectivity index (χ2v) is 13.2. The number of halogens is 2. The standard InChI is InChI=1S/C38H72N2O7.2ClH/c1-2-3-4-5-6-7-8-9-13-16-19-22-25-28-37(44)46-32-30-40(35(41)34-39)31-33-47-38(45)29-26-23-20-17-14-11-10-12-15-18-21-24-27-36(42)43;;/h2-34,39H2,1H3,(H,42,43);2*1H. The Morgan fingerprint density at radius 2 is 0.776 bits per heavy atom. The molecule has 0 aromatic carbocycles. The molecule has 49 heavy (non-hydrogen) atoms. The fourth-order valence-electron chi connectivity index (χ4n) is 5.77. The van der Waals surface area contributed by atoms with Crippen molar-refractivity contribution in [3.63, 3.8) is 0 Å². The largest absolute Gasteiger partial charge is 0.481 e. The molecule has 292 valence electrons. The van der Waals surface area contributed by atoms with Crippen LogP contribution in [0.25, 0.3) is 0 Å². The zero-order valence-corrected chi connectivity index (χ0v) is 32.7. The summed E-state index contributed by atoms with van der Waals surface area (Å²) in [4.78, 5) is 48.4. The zero-order chi connectivity index (χ0) is 34.6. The normalized spacial score (nSPS) is 10.6. The molecule has 0 atom stereocenters. The molecule has 0 radical (unpaired) electrons. The van der Waals surface area contributed by atoms with E-state index in [-0.39, 0.29) is 81.9 Å². The van der Waals surface area contributed by atoms with E-state index in [4.69, 9.17) is 20.3 Å². The highest BCUT2D eigenvalue weighted by atomic mass is 35.5. The molecule has 0 rings (SSSR count). The lowest BCUT2D eigenvalue weighted by molar-refractivity contribution is -0.147. The summed E-state index contributed by atoms with van der Waals surface area (Å²) in [6.07, 6.45) is 30.5. The lowest BCUT2D eigenvalue weighted by Crippen LogP contribution is -2.40. The molecule has 1 amide bonds. The number of aliphatic carboxylic acids is 1. The molecule has 0 aromatic heterocycles. The van der Waals surface area contributed by atoms with Crippen LogP contribution in [0, 0.1) is 0 Å². The van der Waals surface area contributed by atoms with E-state index in [0.717, 1.165) is 57.8 Å². The average molecular weight is 742 g/mol. The Kier molecular flexibility index (Phi) is 43.2. The van der Waals surface area contributed by atoms with Crippen molar-refractivity contribution in [1.82, 2.24) is 4.90 Å². The molecular formula is C38H74Cl2N2O7. The van der Waals surface area contributed by atoms with Crippen LogP contribution in [0.5, 0.6) is 0 Å². The number of carbonyl (C=O) groups excluding carboxylic acids is 3. The van der Waals surface area contributed by atoms with Gasteiger partial charge in [0.25, 0.3) is 0 Å². The summed E-state index contributed by atoms with van der Waals surface area (Å²) in [7, 11) is 0. The van der Waals surface area contributed by atoms with E-state index in [9.17, 15) is 19.2 Å². The number of hydrogen-bond donors (Lipinski definition) is 2. The maximum absolute atomic E-state index is 12.2. The van der Waals surface area contributed by atoms with Gasteiger partial charge in [-0.1, -0.05) is 148 Å². The van der Waals surface area contributed by atoms with Crippen LogP contribution in [-0.2, 0) is 28.7 Å². The summed E-state index contributed by atoms with van der Waals surface area (Å²) in [5.74, 6) is -1.45. The second-order valence-electron chi connectivity index (χ2n) is 13.2. The average Bonchev–Trinajstić information content (AvgIpc) is 3.05. The molecule has 0 aromatic rings. The van der Waals surface area contributed by atoms with Crippen molar-refractivity contribution in [3.05, 3.63) is 0 Å². The van der Waals surface area contributed by atoms with Crippen LogP contribution in [0.4, 0.5) is 0 Å². The van der Waals surface area contributed by atoms with Gasteiger partial charge in [0.05, 0.1) is 19.6 Å². The number of ether oxygens (including phenoxy) is 2. The third-order valence-electron chi connectivity index (χ3n) is 8.78. The minimum Gasteiger partial charge on any atom is -0.481 e. The first-order valence-electron chi connectivity index (χ1n) is 19.4. The molecule has 0 saturated carbocycles. The van der Waals surface area contributed by atoms with Crippen LogP contribution in [-0.4, -0.2) is 66.7 Å². The lowest BCUT2D eigenvalue weighted by atomic mass is 10.0. The lowest BCUT2D eigenvalue weighted by Gasteiger charge is -2.21. The van der Waals surface area contributed by atoms with Gasteiger partial charge >= 0.3 is 17.9 Å². The third kappa shape index (κ3) is 39.1. The van der Waals surface area contributed by atoms with Gasteiger partial charge in [-0.25, -0.2) is 0 Å². The topological polar surface area (TPSA) is 136 Å². The molecule has 9 nitrogen and oxygen atoms in total. The molecule has 0 aliphatic heterocycles. The van der Waals surface area contributed by atoms with E-state index in [1.54, 1.807) is 0 Å². The van der Waals surface area contributed by atoms with Crippen molar-refractivity contribution in [1.29, 1.82) is 0 Å². The van der Waals surface area contributed by atoms with Gasteiger partial charge in [-0.3, -0.25) is 19.2 Å². The van der Waals surface area contributed by atoms with Crippen LogP contribution in [0.1, 0.15) is 187 Å². The summed E-state index contributed by atoms with van der Waals surface area (Å²) in [6.45, 7) is 2.81. The number of nitrogens with two attached hydrogens (primary N) is 1. The first-order chi connectivity index (χ1) is 22.9. The molecule has 0 fully saturated rings. The Balaban J connectivity index is -0.0000106. The van der Waals surface area contributed by atoms with Crippen LogP contribution in [0.15, 0.2) is 0 Å². The molecule has 0 saturated heterocycles. The van der Waals surface area contributed by atoms with E-state index in [2.05, 4.69) is 6.92 Å². The minimum atomic E-state index is -0.702. The van der Waals surface area contributed by atoms with Crippen molar-refractivity contribution < 1.29 is 33.8 Å². The molecule has 0 spiro atoms. The first kappa shape index (κ1) is 51.8. The molecule has 0 aliphatic carbocycles. The number of hydrogen-bond acceptors (Lipinski definition) is 7. The number of carboxylic acid groups (broad SMARTS) is 1. The van der Waals surface area contributed by atoms with Gasteiger partial charge < -0.3 is 25.2 Å². The summed E-state index contributed by atoms with van der Waals surface area (Å²) >= 11 is 0. The third-order valence-corrected chi connectivity index (χ3v) is 8.78. The zero-order valence-electron chi connectivity index (χ0n) is 31.1. The first-order valence-corrected chi connectivity index (χ1v) is 19.4. The van der Waals surface area contributed by atoms with E-state index >= 15 is 0 Å². The Bertz CT molecular complexity index is 774. The quantitative estimate of drug-likeness (QED) is 0.0479. The highest BCUT2D eigenvalue weighted by Gasteiger charge is 2.14. The predicted molar refractivity (Wildman–Crippen MR) is 205 cm³/mol. The van der Waals surface area contributed by atoms with Gasteiger partial charge in [0.15, 0.2) is 0 Å². The highest BCUT2D eigenvalue weighted by molar-refractivity contribution is 5.85. The van der Waals surface area contributed by atoms with Crippen molar-refractivity contribution in [3.8, 4) is 0 Å². The second kappa shape index (κ2) is 40.8. The number of carboxylic acids is 1. The van der Waals surface area contributed by atoms with Crippen molar-refractivity contribution in [2.75, 3.05) is 32.8 Å². The number of amides is 1. The highest BCUT2D eigenvalue weighted by Crippen LogP contribution is 2.14. The predicted octanol–water partition coefficient (Wildman–Crippen LogP) is 9.73. The maximum atomic E-state index is 12.2. The summed E-state index contributed by atoms with van der Waals surface area (Å²) in [5.41, 5.74) is 5.54. The number of esters is 2. The molecule has 3 N–H and O–H groups in total. The number of carbonyl (C=O) groups is 4. The van der Waals surface area contributed by atoms with Crippen molar-refractivity contribution in [2.45, 2.75) is 187 Å². The van der Waals surface area contributed by atoms with Gasteiger partial charge in [-0.05, 0) is 19.3 Å². The maximum Gasteiger partial charge on any atom is 0.305 e. The van der Waals surface area contributed by atoms with Gasteiger partial charge in [-0.2, -0.15) is 0 Å². The summed E-state index contributed by atoms with van der Waals surface area (Å²) < 4.78 is 10.7. The summed E-state index contributed by atoms with van der Waals surface area (Å²) in [6, 6.07) is 0. The van der Waals surface area contributed by atoms with Gasteiger partial charge in [-0.15, -0.1) is 24.8 Å². The fourth-order valence-corrected chi connectivity index (χ4v) is 5.77. The molecule has 0 unspecified atom stereocenters. The fraction of sp³-hybridized carbons (Fsp3) is 0.895. The Hall–Kier alpha value is -1.58. The molecule has 0 bridgehead atoms. The Morgan fingerprint density at radius 3 is 1.06 bits per heavy atom. The van der Waals surface area contributed by atoms with Crippen LogP contribution >= 0.6 is 24.8 Å². The van der Waals surface area contributed by atoms with E-state index in [1.807, 2.05) is 0 Å². The Labute approximate surface area is 311 Å². The molecule has 0 heterocycles. The van der Waals surface area contributed by atoms with E-state index < -0.39 is 5.97 Å². The molecule has 0 aliphatic rings. The van der Waals surface area contributed by atoms with E-state index in [0.29, 0.717) is 12.8 Å². The van der Waals surface area contributed by atoms with Gasteiger partial charge in [0, 0.05) is 19.3 Å². The summed E-state index contributed by atoms with van der Waals surface area (Å²) in [5, 5.41) is 8.64. The molecule has 11 heteroatoms. The van der Waals surface area contributed by atoms with Gasteiger partial charge in [0.1, 0.15) is 13.2 Å². The van der Waals surface area contributed by atoms with Crippen LogP contribution in [0.3, 0.4) is 0 Å². The monoisotopic (exact) mass is 740 g/mol. The smallest absolute Gasteiger partial charge is 0.305 e. The molecular weight excluding hydrogens is 667 g/mol. The minimum absolute atomic E-state index is 0. The van der Waals surface area contributed by atoms with Gasteiger partial charge in [0.2, 0.25) is 5.91 Å². The van der Waals surface area contributed by atoms with E-state index in [1.165, 1.54) is 108 Å². The Morgan fingerprint density at radius 1 is 0.490 bits per heavy atom. The SMILES string of the molecule is CCCCCCCCCCCCCCCC(=O)OCCN(CCOC(=O)CCCCCCCCCCCCCCC(=O)O)C(=O)CN.Cl.Cl. The number of nitrogens with zero attached hydrogens (tertiary/aromatic N) is 1. The number of unbranched alkanes of at least 4 members (excludes halogenated alkanes) is 23. The van der Waals surface area contributed by atoms with Crippen LogP contribution < -0.4 is 5.73 Å². The number of rotatable bonds is 36. The van der Waals surface area contributed by atoms with Crippen molar-refractivity contribution >= 4 is 48.6 Å².